The van der Waals surface area contributed by atoms with Gasteiger partial charge in [0.25, 0.3) is 5.91 Å². The smallest absolute Gasteiger partial charge is 0.259 e. The van der Waals surface area contributed by atoms with Gasteiger partial charge in [-0.2, -0.15) is 0 Å². The second-order valence-electron chi connectivity index (χ2n) is 5.88. The van der Waals surface area contributed by atoms with Gasteiger partial charge in [-0.3, -0.25) is 9.69 Å². The minimum Gasteiger partial charge on any atom is -0.292 e. The number of rotatable bonds is 1. The Morgan fingerprint density at radius 1 is 1.13 bits per heavy atom. The van der Waals surface area contributed by atoms with Crippen LogP contribution in [0.1, 0.15) is 21.5 Å². The normalized spacial score (nSPS) is 13.4. The van der Waals surface area contributed by atoms with Gasteiger partial charge in [0.05, 0.1) is 5.52 Å². The molecule has 1 aliphatic rings. The molecule has 1 aliphatic heterocycles. The van der Waals surface area contributed by atoms with Gasteiger partial charge in [0.2, 0.25) is 0 Å². The number of amides is 1. The molecule has 3 aromatic rings. The van der Waals surface area contributed by atoms with E-state index in [4.69, 9.17) is 4.98 Å². The van der Waals surface area contributed by atoms with Gasteiger partial charge in [-0.15, -0.1) is 0 Å². The molecule has 0 spiro atoms. The molecule has 0 aliphatic carbocycles. The highest BCUT2D eigenvalue weighted by molar-refractivity contribution is 9.10. The molecule has 0 bridgehead atoms. The first-order valence-electron chi connectivity index (χ1n) is 7.59. The molecule has 23 heavy (non-hydrogen) atoms. The van der Waals surface area contributed by atoms with Crippen LogP contribution in [0, 0.1) is 6.92 Å². The minimum atomic E-state index is 0.00996. The van der Waals surface area contributed by atoms with Crippen molar-refractivity contribution in [2.24, 2.45) is 0 Å². The van der Waals surface area contributed by atoms with Crippen molar-refractivity contribution in [1.82, 2.24) is 4.98 Å². The summed E-state index contributed by atoms with van der Waals surface area (Å²) in [6.45, 7) is 2.74. The van der Waals surface area contributed by atoms with Crippen molar-refractivity contribution in [2.45, 2.75) is 13.3 Å². The Bertz CT molecular complexity index is 919. The van der Waals surface area contributed by atoms with E-state index in [9.17, 15) is 4.79 Å². The molecule has 3 nitrogen and oxygen atoms in total. The van der Waals surface area contributed by atoms with E-state index in [1.165, 1.54) is 5.56 Å². The fraction of sp³-hybridized carbons (Fsp3) is 0.158. The molecule has 0 saturated carbocycles. The van der Waals surface area contributed by atoms with Crippen molar-refractivity contribution in [2.75, 3.05) is 11.4 Å². The largest absolute Gasteiger partial charge is 0.292 e. The highest BCUT2D eigenvalue weighted by Gasteiger charge is 2.27. The van der Waals surface area contributed by atoms with Crippen LogP contribution in [0.2, 0.25) is 0 Å². The monoisotopic (exact) mass is 366 g/mol. The summed E-state index contributed by atoms with van der Waals surface area (Å²) in [6.07, 6.45) is 0.856. The van der Waals surface area contributed by atoms with E-state index in [0.717, 1.165) is 33.2 Å². The topological polar surface area (TPSA) is 33.2 Å². The fourth-order valence-electron chi connectivity index (χ4n) is 3.01. The molecule has 4 heteroatoms. The molecular formula is C19H15BrN2O. The second kappa shape index (κ2) is 5.46. The van der Waals surface area contributed by atoms with Crippen LogP contribution in [0.15, 0.2) is 53.0 Å². The number of anilines is 1. The van der Waals surface area contributed by atoms with Crippen molar-refractivity contribution < 1.29 is 4.79 Å². The maximum atomic E-state index is 12.8. The first kappa shape index (κ1) is 14.4. The molecule has 0 unspecified atom stereocenters. The van der Waals surface area contributed by atoms with E-state index in [1.807, 2.05) is 24.3 Å². The van der Waals surface area contributed by atoms with Crippen LogP contribution in [-0.4, -0.2) is 17.4 Å². The molecule has 2 heterocycles. The molecular weight excluding hydrogens is 352 g/mol. The van der Waals surface area contributed by atoms with E-state index in [2.05, 4.69) is 47.1 Å². The first-order valence-corrected chi connectivity index (χ1v) is 8.39. The molecule has 0 fully saturated rings. The van der Waals surface area contributed by atoms with Crippen molar-refractivity contribution in [3.8, 4) is 0 Å². The number of pyridine rings is 1. The van der Waals surface area contributed by atoms with E-state index in [-0.39, 0.29) is 5.91 Å². The lowest BCUT2D eigenvalue weighted by Gasteiger charge is -2.17. The molecule has 1 aromatic heterocycles. The van der Waals surface area contributed by atoms with Crippen molar-refractivity contribution in [3.63, 3.8) is 0 Å². The summed E-state index contributed by atoms with van der Waals surface area (Å²) in [5.74, 6) is 0.812. The Morgan fingerprint density at radius 3 is 2.70 bits per heavy atom. The Hall–Kier alpha value is -2.20. The summed E-state index contributed by atoms with van der Waals surface area (Å²) >= 11 is 3.40. The zero-order valence-electron chi connectivity index (χ0n) is 12.7. The van der Waals surface area contributed by atoms with Crippen molar-refractivity contribution in [3.05, 3.63) is 69.7 Å². The maximum absolute atomic E-state index is 12.8. The molecule has 2 aromatic carbocycles. The summed E-state index contributed by atoms with van der Waals surface area (Å²) in [4.78, 5) is 19.3. The van der Waals surface area contributed by atoms with Crippen LogP contribution in [0.4, 0.5) is 5.82 Å². The van der Waals surface area contributed by atoms with Crippen LogP contribution in [0.5, 0.6) is 0 Å². The van der Waals surface area contributed by atoms with Crippen LogP contribution in [0.3, 0.4) is 0 Å². The summed E-state index contributed by atoms with van der Waals surface area (Å²) in [5.41, 5.74) is 3.95. The number of aryl methyl sites for hydroxylation is 1. The maximum Gasteiger partial charge on any atom is 0.259 e. The third-order valence-electron chi connectivity index (χ3n) is 4.23. The van der Waals surface area contributed by atoms with Gasteiger partial charge in [-0.05, 0) is 60.9 Å². The Morgan fingerprint density at radius 2 is 1.91 bits per heavy atom. The average molecular weight is 367 g/mol. The molecule has 0 saturated heterocycles. The van der Waals surface area contributed by atoms with E-state index in [0.29, 0.717) is 12.1 Å². The van der Waals surface area contributed by atoms with Gasteiger partial charge in [0.15, 0.2) is 0 Å². The van der Waals surface area contributed by atoms with Crippen LogP contribution in [0.25, 0.3) is 10.9 Å². The number of nitrogens with zero attached hydrogens (tertiary/aromatic N) is 2. The lowest BCUT2D eigenvalue weighted by atomic mass is 10.1. The number of carbonyl (C=O) groups is 1. The molecule has 1 amide bonds. The number of aromatic nitrogens is 1. The molecule has 0 atom stereocenters. The zero-order valence-corrected chi connectivity index (χ0v) is 14.3. The van der Waals surface area contributed by atoms with Gasteiger partial charge in [-0.25, -0.2) is 4.98 Å². The Labute approximate surface area is 143 Å². The second-order valence-corrected chi connectivity index (χ2v) is 6.80. The Kier molecular flexibility index (Phi) is 3.42. The molecule has 4 rings (SSSR count). The lowest BCUT2D eigenvalue weighted by molar-refractivity contribution is 0.0989. The minimum absolute atomic E-state index is 0.00996. The number of fused-ring (bicyclic) bond motifs is 2. The van der Waals surface area contributed by atoms with E-state index >= 15 is 0 Å². The summed E-state index contributed by atoms with van der Waals surface area (Å²) in [5, 5.41) is 1.13. The predicted molar refractivity (Wildman–Crippen MR) is 96.0 cm³/mol. The highest BCUT2D eigenvalue weighted by atomic mass is 79.9. The van der Waals surface area contributed by atoms with Gasteiger partial charge in [0.1, 0.15) is 5.82 Å². The van der Waals surface area contributed by atoms with Gasteiger partial charge < -0.3 is 0 Å². The van der Waals surface area contributed by atoms with E-state index < -0.39 is 0 Å². The van der Waals surface area contributed by atoms with Crippen LogP contribution < -0.4 is 4.90 Å². The third kappa shape index (κ3) is 2.53. The van der Waals surface area contributed by atoms with E-state index in [1.54, 1.807) is 4.90 Å². The molecule has 0 radical (unpaired) electrons. The number of benzene rings is 2. The van der Waals surface area contributed by atoms with Crippen LogP contribution in [-0.2, 0) is 6.42 Å². The third-order valence-corrected chi connectivity index (χ3v) is 4.75. The summed E-state index contributed by atoms with van der Waals surface area (Å²) in [6, 6.07) is 15.9. The SMILES string of the molecule is Cc1ccc2cc3c(nc2c1)N(C(=O)c1ccc(Br)cc1)CC3. The quantitative estimate of drug-likeness (QED) is 0.634. The molecule has 114 valence electrons. The molecule has 0 N–H and O–H groups in total. The highest BCUT2D eigenvalue weighted by Crippen LogP contribution is 2.31. The predicted octanol–water partition coefficient (Wildman–Crippen LogP) is 4.51. The van der Waals surface area contributed by atoms with Gasteiger partial charge in [-0.1, -0.05) is 28.1 Å². The standard InChI is InChI=1S/C19H15BrN2O/c1-12-2-3-14-11-15-8-9-22(18(15)21-17(14)10-12)19(23)13-4-6-16(20)7-5-13/h2-7,10-11H,8-9H2,1H3. The number of halogens is 1. The summed E-state index contributed by atoms with van der Waals surface area (Å²) in [7, 11) is 0. The van der Waals surface area contributed by atoms with Gasteiger partial charge in [0, 0.05) is 22.0 Å². The number of carbonyl (C=O) groups excluding carboxylic acids is 1. The zero-order chi connectivity index (χ0) is 16.0. The summed E-state index contributed by atoms with van der Waals surface area (Å²) < 4.78 is 0.968. The van der Waals surface area contributed by atoms with Crippen LogP contribution >= 0.6 is 15.9 Å². The van der Waals surface area contributed by atoms with Crippen molar-refractivity contribution in [1.29, 1.82) is 0 Å². The lowest BCUT2D eigenvalue weighted by Crippen LogP contribution is -2.29. The fourth-order valence-corrected chi connectivity index (χ4v) is 3.28. The number of hydrogen-bond acceptors (Lipinski definition) is 2. The average Bonchev–Trinajstić information content (AvgIpc) is 2.95. The van der Waals surface area contributed by atoms with Gasteiger partial charge >= 0.3 is 0 Å². The van der Waals surface area contributed by atoms with Crippen molar-refractivity contribution >= 4 is 38.6 Å². The first-order chi connectivity index (χ1) is 11.1. The number of hydrogen-bond donors (Lipinski definition) is 0. The Balaban J connectivity index is 1.77.